The van der Waals surface area contributed by atoms with Crippen molar-refractivity contribution >= 4 is 46.3 Å². The maximum Gasteiger partial charge on any atom is 0.146 e. The van der Waals surface area contributed by atoms with Gasteiger partial charge in [-0.25, -0.2) is 0 Å². The summed E-state index contributed by atoms with van der Waals surface area (Å²) in [4.78, 5) is 102. The van der Waals surface area contributed by atoms with E-state index in [1.807, 2.05) is 67.5 Å². The van der Waals surface area contributed by atoms with E-state index >= 15 is 0 Å². The molecule has 0 aliphatic rings. The first kappa shape index (κ1) is 66.9. The van der Waals surface area contributed by atoms with Gasteiger partial charge in [-0.05, 0) is 139 Å². The van der Waals surface area contributed by atoms with Crippen molar-refractivity contribution in [1.29, 1.82) is 0 Å². The number of carbonyl (C=O) groups is 8. The van der Waals surface area contributed by atoms with Crippen molar-refractivity contribution in [2.45, 2.75) is 276 Å². The number of hydrogen-bond acceptors (Lipinski definition) is 8. The predicted molar refractivity (Wildman–Crippen MR) is 284 cm³/mol. The summed E-state index contributed by atoms with van der Waals surface area (Å²) in [5.74, 6) is 1.40. The summed E-state index contributed by atoms with van der Waals surface area (Å²) in [5, 5.41) is 0. The number of unbranched alkanes of at least 4 members (excludes halogenated alkanes) is 4. The molecule has 0 heterocycles. The van der Waals surface area contributed by atoms with Crippen LogP contribution in [0.1, 0.15) is 276 Å². The van der Waals surface area contributed by atoms with Crippen molar-refractivity contribution in [3.8, 4) is 0 Å². The quantitative estimate of drug-likeness (QED) is 0.0334. The largest absolute Gasteiger partial charge is 0.300 e. The minimum absolute atomic E-state index is 0.0191. The van der Waals surface area contributed by atoms with Gasteiger partial charge in [0.15, 0.2) is 0 Å². The van der Waals surface area contributed by atoms with Crippen molar-refractivity contribution < 1.29 is 38.4 Å². The molecule has 0 saturated carbocycles. The van der Waals surface area contributed by atoms with Crippen molar-refractivity contribution in [2.75, 3.05) is 0 Å². The third-order valence-corrected chi connectivity index (χ3v) is 16.6. The van der Waals surface area contributed by atoms with Crippen LogP contribution in [0.5, 0.6) is 0 Å². The molecule has 0 aromatic carbocycles. The standard InChI is InChI=1S/2C30H52O4/c2*1-8-24(9-2)26(32)20-16-18-22-28(34)30(13-6,14-7)27(33)21-17-15-19-25(31)23-29(10-3,11-4)12-5/h2*10,24H,3,8-9,11-23H2,1-2,4-7H3. The van der Waals surface area contributed by atoms with Crippen LogP contribution in [0.15, 0.2) is 25.3 Å². The molecule has 0 rings (SSSR count). The molecule has 0 aliphatic heterocycles. The highest BCUT2D eigenvalue weighted by Crippen LogP contribution is 2.37. The molecule has 68 heavy (non-hydrogen) atoms. The zero-order valence-corrected chi connectivity index (χ0v) is 46.2. The summed E-state index contributed by atoms with van der Waals surface area (Å²) in [5.41, 5.74) is -2.05. The van der Waals surface area contributed by atoms with E-state index in [0.717, 1.165) is 51.4 Å². The lowest BCUT2D eigenvalue weighted by molar-refractivity contribution is -0.143. The molecule has 8 heteroatoms. The lowest BCUT2D eigenvalue weighted by Crippen LogP contribution is -2.38. The average Bonchev–Trinajstić information content (AvgIpc) is 3.35. The van der Waals surface area contributed by atoms with Gasteiger partial charge in [0.05, 0.1) is 10.8 Å². The molecular formula is C60H104O8. The van der Waals surface area contributed by atoms with Crippen molar-refractivity contribution in [2.24, 2.45) is 33.5 Å². The molecule has 392 valence electrons. The van der Waals surface area contributed by atoms with Gasteiger partial charge in [-0.2, -0.15) is 0 Å². The van der Waals surface area contributed by atoms with E-state index in [1.165, 1.54) is 0 Å². The summed E-state index contributed by atoms with van der Waals surface area (Å²) < 4.78 is 0. The number of Topliss-reactive ketones (excluding diaryl/α,β-unsaturated/α-hetero) is 8. The molecule has 0 spiro atoms. The van der Waals surface area contributed by atoms with Gasteiger partial charge in [0.2, 0.25) is 0 Å². The summed E-state index contributed by atoms with van der Waals surface area (Å²) in [6.07, 6.45) is 22.8. The molecule has 0 aliphatic carbocycles. The summed E-state index contributed by atoms with van der Waals surface area (Å²) >= 11 is 0. The minimum atomic E-state index is -0.911. The van der Waals surface area contributed by atoms with Crippen LogP contribution in [0.2, 0.25) is 0 Å². The highest BCUT2D eigenvalue weighted by atomic mass is 16.2. The Balaban J connectivity index is 0. The van der Waals surface area contributed by atoms with Crippen LogP contribution in [-0.4, -0.2) is 46.3 Å². The van der Waals surface area contributed by atoms with E-state index in [4.69, 9.17) is 0 Å². The van der Waals surface area contributed by atoms with E-state index in [2.05, 4.69) is 40.9 Å². The van der Waals surface area contributed by atoms with Gasteiger partial charge in [-0.1, -0.05) is 95.2 Å². The molecular weight excluding hydrogens is 849 g/mol. The molecule has 0 atom stereocenters. The molecule has 0 amide bonds. The van der Waals surface area contributed by atoms with Crippen LogP contribution < -0.4 is 0 Å². The molecule has 8 nitrogen and oxygen atoms in total. The minimum Gasteiger partial charge on any atom is -0.300 e. The Bertz CT molecular complexity index is 1410. The molecule has 0 saturated heterocycles. The lowest BCUT2D eigenvalue weighted by Gasteiger charge is -2.29. The third kappa shape index (κ3) is 21.9. The Morgan fingerprint density at radius 3 is 0.750 bits per heavy atom. The number of ketones is 8. The van der Waals surface area contributed by atoms with Crippen LogP contribution in [0.4, 0.5) is 0 Å². The molecule has 0 unspecified atom stereocenters. The van der Waals surface area contributed by atoms with Gasteiger partial charge in [0, 0.05) is 76.0 Å². The van der Waals surface area contributed by atoms with Gasteiger partial charge in [0.1, 0.15) is 46.3 Å². The number of carbonyl (C=O) groups excluding carboxylic acids is 8. The van der Waals surface area contributed by atoms with E-state index in [0.29, 0.717) is 153 Å². The Kier molecular flexibility index (Phi) is 36.2. The van der Waals surface area contributed by atoms with E-state index in [1.54, 1.807) is 0 Å². The Hall–Kier alpha value is -3.16. The zero-order chi connectivity index (χ0) is 52.4. The van der Waals surface area contributed by atoms with E-state index in [9.17, 15) is 38.4 Å². The van der Waals surface area contributed by atoms with Crippen molar-refractivity contribution in [3.63, 3.8) is 0 Å². The summed E-state index contributed by atoms with van der Waals surface area (Å²) in [6.45, 7) is 32.0. The molecule has 0 radical (unpaired) electrons. The first-order valence-electron chi connectivity index (χ1n) is 27.8. The molecule has 0 fully saturated rings. The maximum absolute atomic E-state index is 13.1. The highest BCUT2D eigenvalue weighted by molar-refractivity contribution is 6.07. The van der Waals surface area contributed by atoms with Gasteiger partial charge in [0.25, 0.3) is 0 Å². The van der Waals surface area contributed by atoms with E-state index < -0.39 is 10.8 Å². The fraction of sp³-hybridized carbons (Fsp3) is 0.800. The number of allylic oxidation sites excluding steroid dienone is 2. The number of rotatable bonds is 44. The maximum atomic E-state index is 13.1. The van der Waals surface area contributed by atoms with Crippen LogP contribution in [0.3, 0.4) is 0 Å². The SMILES string of the molecule is C=CC(CC)(CC)CC(=O)CCCCC(=O)C(CC)(CC)C(=O)CCCCC(=O)C(CC)CC.C=CC(CC)(CC)CC(=O)CCCCC(=O)C(CC)(CC)C(=O)CCCCC(=O)C(CC)CC. The molecule has 0 aromatic rings. The topological polar surface area (TPSA) is 137 Å². The molecule has 0 N–H and O–H groups in total. The van der Waals surface area contributed by atoms with E-state index in [-0.39, 0.29) is 57.4 Å². The predicted octanol–water partition coefficient (Wildman–Crippen LogP) is 16.0. The van der Waals surface area contributed by atoms with Gasteiger partial charge in [-0.15, -0.1) is 13.2 Å². The van der Waals surface area contributed by atoms with Gasteiger partial charge in [-0.3, -0.25) is 38.4 Å². The second-order valence-corrected chi connectivity index (χ2v) is 20.0. The fourth-order valence-corrected chi connectivity index (χ4v) is 10.3. The van der Waals surface area contributed by atoms with Crippen molar-refractivity contribution in [3.05, 3.63) is 25.3 Å². The van der Waals surface area contributed by atoms with Crippen LogP contribution in [0, 0.1) is 33.5 Å². The van der Waals surface area contributed by atoms with Crippen LogP contribution >= 0.6 is 0 Å². The highest BCUT2D eigenvalue weighted by Gasteiger charge is 2.42. The lowest BCUT2D eigenvalue weighted by atomic mass is 9.71. The fourth-order valence-electron chi connectivity index (χ4n) is 10.3. The van der Waals surface area contributed by atoms with Gasteiger partial charge >= 0.3 is 0 Å². The summed E-state index contributed by atoms with van der Waals surface area (Å²) in [6, 6.07) is 0. The monoisotopic (exact) mass is 953 g/mol. The summed E-state index contributed by atoms with van der Waals surface area (Å²) in [7, 11) is 0. The van der Waals surface area contributed by atoms with Crippen LogP contribution in [-0.2, 0) is 38.4 Å². The smallest absolute Gasteiger partial charge is 0.146 e. The third-order valence-electron chi connectivity index (χ3n) is 16.6. The first-order chi connectivity index (χ1) is 32.3. The van der Waals surface area contributed by atoms with Gasteiger partial charge < -0.3 is 0 Å². The average molecular weight is 953 g/mol. The second kappa shape index (κ2) is 36.7. The molecule has 0 aromatic heterocycles. The second-order valence-electron chi connectivity index (χ2n) is 20.0. The molecule has 0 bridgehead atoms. The first-order valence-corrected chi connectivity index (χ1v) is 27.8. The Morgan fingerprint density at radius 2 is 0.559 bits per heavy atom. The Morgan fingerprint density at radius 1 is 0.338 bits per heavy atom. The van der Waals surface area contributed by atoms with Crippen molar-refractivity contribution in [1.82, 2.24) is 0 Å². The normalized spacial score (nSPS) is 12.1. The number of hydrogen-bond donors (Lipinski definition) is 0. The Labute approximate surface area is 417 Å². The zero-order valence-electron chi connectivity index (χ0n) is 46.2. The van der Waals surface area contributed by atoms with Crippen LogP contribution in [0.25, 0.3) is 0 Å².